The first-order valence-corrected chi connectivity index (χ1v) is 10.5. The van der Waals surface area contributed by atoms with Crippen molar-refractivity contribution >= 4 is 17.5 Å². The molecule has 1 amide bonds. The molecule has 1 saturated carbocycles. The van der Waals surface area contributed by atoms with Crippen LogP contribution in [0, 0.1) is 5.82 Å². The first kappa shape index (κ1) is 20.9. The van der Waals surface area contributed by atoms with Crippen molar-refractivity contribution in [3.05, 3.63) is 81.6 Å². The monoisotopic (exact) mass is 464 g/mol. The first-order chi connectivity index (χ1) is 15.3. The number of fused-ring (bicyclic) bond motifs is 1. The number of halogens is 5. The van der Waals surface area contributed by atoms with E-state index in [0.717, 1.165) is 30.8 Å². The number of nitrogens with zero attached hydrogens (tertiary/aromatic N) is 4. The van der Waals surface area contributed by atoms with Crippen LogP contribution in [0.4, 0.5) is 17.6 Å². The van der Waals surface area contributed by atoms with E-state index < -0.39 is 34.5 Å². The largest absolute Gasteiger partial charge is 0.417 e. The number of aromatic nitrogens is 3. The Morgan fingerprint density at radius 1 is 1.00 bits per heavy atom. The van der Waals surface area contributed by atoms with E-state index in [2.05, 4.69) is 10.2 Å². The van der Waals surface area contributed by atoms with Gasteiger partial charge in [-0.1, -0.05) is 29.8 Å². The van der Waals surface area contributed by atoms with Crippen molar-refractivity contribution in [3.8, 4) is 0 Å². The molecular formula is C22H17ClF4N4O. The molecule has 0 saturated heterocycles. The normalized spacial score (nSPS) is 18.5. The molecule has 2 aromatic carbocycles. The van der Waals surface area contributed by atoms with Gasteiger partial charge < -0.3 is 9.47 Å². The lowest BCUT2D eigenvalue weighted by Gasteiger charge is -2.36. The molecular weight excluding hydrogens is 448 g/mol. The molecule has 1 fully saturated rings. The molecule has 0 spiro atoms. The zero-order chi connectivity index (χ0) is 22.6. The summed E-state index contributed by atoms with van der Waals surface area (Å²) >= 11 is 6.03. The van der Waals surface area contributed by atoms with Gasteiger partial charge in [0.1, 0.15) is 17.7 Å². The fraction of sp³-hybridized carbons (Fsp3) is 0.318. The Morgan fingerprint density at radius 3 is 2.34 bits per heavy atom. The third-order valence-electron chi connectivity index (χ3n) is 5.85. The maximum Gasteiger partial charge on any atom is 0.417 e. The zero-order valence-electron chi connectivity index (χ0n) is 16.6. The number of rotatable bonds is 3. The van der Waals surface area contributed by atoms with E-state index in [-0.39, 0.29) is 12.1 Å². The zero-order valence-corrected chi connectivity index (χ0v) is 17.4. The van der Waals surface area contributed by atoms with Gasteiger partial charge in [-0.05, 0) is 42.7 Å². The van der Waals surface area contributed by atoms with Crippen LogP contribution in [0.25, 0.3) is 0 Å². The van der Waals surface area contributed by atoms with Gasteiger partial charge in [-0.3, -0.25) is 4.79 Å². The summed E-state index contributed by atoms with van der Waals surface area (Å²) in [7, 11) is 0. The summed E-state index contributed by atoms with van der Waals surface area (Å²) in [4.78, 5) is 14.9. The van der Waals surface area contributed by atoms with Crippen molar-refractivity contribution in [1.82, 2.24) is 19.7 Å². The number of amides is 1. The van der Waals surface area contributed by atoms with Crippen molar-refractivity contribution in [3.63, 3.8) is 0 Å². The molecule has 5 rings (SSSR count). The van der Waals surface area contributed by atoms with Crippen LogP contribution < -0.4 is 0 Å². The van der Waals surface area contributed by atoms with Crippen LogP contribution in [0.5, 0.6) is 0 Å². The molecule has 2 aliphatic rings. The lowest BCUT2D eigenvalue weighted by Crippen LogP contribution is -2.43. The van der Waals surface area contributed by atoms with Crippen LogP contribution in [0.15, 0.2) is 42.5 Å². The van der Waals surface area contributed by atoms with Gasteiger partial charge in [-0.25, -0.2) is 4.39 Å². The number of carbonyl (C=O) groups excluding carboxylic acids is 1. The van der Waals surface area contributed by atoms with Gasteiger partial charge in [0.2, 0.25) is 0 Å². The summed E-state index contributed by atoms with van der Waals surface area (Å²) in [5, 5.41) is 7.98. The summed E-state index contributed by atoms with van der Waals surface area (Å²) in [5.74, 6) is 0.573. The van der Waals surface area contributed by atoms with Crippen LogP contribution in [0.3, 0.4) is 0 Å². The van der Waals surface area contributed by atoms with Gasteiger partial charge in [-0.15, -0.1) is 10.2 Å². The summed E-state index contributed by atoms with van der Waals surface area (Å²) in [5.41, 5.74) is -0.734. The van der Waals surface area contributed by atoms with Crippen molar-refractivity contribution in [2.45, 2.75) is 37.5 Å². The van der Waals surface area contributed by atoms with Gasteiger partial charge in [0.25, 0.3) is 5.91 Å². The number of hydrogen-bond donors (Lipinski definition) is 0. The van der Waals surface area contributed by atoms with E-state index in [0.29, 0.717) is 23.9 Å². The molecule has 0 N–H and O–H groups in total. The first-order valence-electron chi connectivity index (χ1n) is 10.1. The Balaban J connectivity index is 1.59. The Kier molecular flexibility index (Phi) is 4.96. The summed E-state index contributed by atoms with van der Waals surface area (Å²) in [6, 6.07) is 8.15. The summed E-state index contributed by atoms with van der Waals surface area (Å²) < 4.78 is 55.5. The van der Waals surface area contributed by atoms with Crippen molar-refractivity contribution in [2.75, 3.05) is 6.54 Å². The van der Waals surface area contributed by atoms with E-state index >= 15 is 0 Å². The second kappa shape index (κ2) is 7.58. The molecule has 2 heterocycles. The van der Waals surface area contributed by atoms with Gasteiger partial charge >= 0.3 is 6.18 Å². The highest BCUT2D eigenvalue weighted by molar-refractivity contribution is 6.34. The molecule has 1 aliphatic heterocycles. The van der Waals surface area contributed by atoms with E-state index in [4.69, 9.17) is 11.6 Å². The molecule has 1 unspecified atom stereocenters. The average molecular weight is 465 g/mol. The average Bonchev–Trinajstić information content (AvgIpc) is 3.51. The summed E-state index contributed by atoms with van der Waals surface area (Å²) in [6.07, 6.45) is -2.66. The Hall–Kier alpha value is -2.94. The van der Waals surface area contributed by atoms with Crippen molar-refractivity contribution < 1.29 is 22.4 Å². The molecule has 0 bridgehead atoms. The highest BCUT2D eigenvalue weighted by atomic mass is 35.5. The van der Waals surface area contributed by atoms with Crippen LogP contribution >= 0.6 is 11.6 Å². The topological polar surface area (TPSA) is 51.0 Å². The van der Waals surface area contributed by atoms with Crippen LogP contribution in [-0.2, 0) is 12.7 Å². The predicted octanol–water partition coefficient (Wildman–Crippen LogP) is 5.21. The predicted molar refractivity (Wildman–Crippen MR) is 108 cm³/mol. The van der Waals surface area contributed by atoms with Crippen molar-refractivity contribution in [2.24, 2.45) is 0 Å². The lowest BCUT2D eigenvalue weighted by molar-refractivity contribution is -0.137. The lowest BCUT2D eigenvalue weighted by atomic mass is 10.00. The molecule has 166 valence electrons. The molecule has 1 atom stereocenters. The quantitative estimate of drug-likeness (QED) is 0.500. The number of benzene rings is 2. The third-order valence-corrected chi connectivity index (χ3v) is 6.26. The molecule has 0 radical (unpaired) electrons. The minimum atomic E-state index is -4.69. The molecule has 1 aliphatic carbocycles. The molecule has 1 aromatic heterocycles. The number of hydrogen-bond acceptors (Lipinski definition) is 3. The van der Waals surface area contributed by atoms with Crippen LogP contribution in [0.1, 0.15) is 57.9 Å². The maximum absolute atomic E-state index is 13.6. The van der Waals surface area contributed by atoms with Crippen LogP contribution in [-0.4, -0.2) is 32.1 Å². The van der Waals surface area contributed by atoms with E-state index in [9.17, 15) is 22.4 Å². The van der Waals surface area contributed by atoms with Crippen LogP contribution in [0.2, 0.25) is 5.02 Å². The number of alkyl halides is 3. The van der Waals surface area contributed by atoms with E-state index in [1.165, 1.54) is 35.2 Å². The standard InChI is InChI=1S/C22H17ClF4N4O/c23-17-15(2-1-3-16(17)22(25,26)27)21(32)30-10-11-31-19(13-4-5-13)28-29-20(31)18(30)12-6-8-14(24)9-7-12/h1-3,6-9,13,18H,4-5,10-11H2. The van der Waals surface area contributed by atoms with Gasteiger partial charge in [0.15, 0.2) is 5.82 Å². The fourth-order valence-corrected chi connectivity index (χ4v) is 4.46. The molecule has 32 heavy (non-hydrogen) atoms. The minimum absolute atomic E-state index is 0.220. The Morgan fingerprint density at radius 2 is 1.69 bits per heavy atom. The fourth-order valence-electron chi connectivity index (χ4n) is 4.14. The molecule has 10 heteroatoms. The van der Waals surface area contributed by atoms with E-state index in [1.807, 2.05) is 4.57 Å². The van der Waals surface area contributed by atoms with Gasteiger partial charge in [0.05, 0.1) is 16.1 Å². The third kappa shape index (κ3) is 3.54. The Bertz CT molecular complexity index is 1190. The molecule has 3 aromatic rings. The Labute approximate surface area is 185 Å². The summed E-state index contributed by atoms with van der Waals surface area (Å²) in [6.45, 7) is 0.631. The second-order valence-electron chi connectivity index (χ2n) is 7.96. The smallest absolute Gasteiger partial charge is 0.322 e. The maximum atomic E-state index is 13.6. The van der Waals surface area contributed by atoms with Gasteiger partial charge in [0, 0.05) is 19.0 Å². The van der Waals surface area contributed by atoms with Crippen molar-refractivity contribution in [1.29, 1.82) is 0 Å². The van der Waals surface area contributed by atoms with Gasteiger partial charge in [-0.2, -0.15) is 13.2 Å². The number of carbonyl (C=O) groups is 1. The SMILES string of the molecule is O=C(c1cccc(C(F)(F)F)c1Cl)N1CCn2c(C3CC3)nnc2C1c1ccc(F)cc1. The highest BCUT2D eigenvalue weighted by Gasteiger charge is 2.41. The van der Waals surface area contributed by atoms with E-state index in [1.54, 1.807) is 0 Å². The minimum Gasteiger partial charge on any atom is -0.322 e. The molecule has 5 nitrogen and oxygen atoms in total. The highest BCUT2D eigenvalue weighted by Crippen LogP contribution is 2.42. The second-order valence-corrected chi connectivity index (χ2v) is 8.34.